The van der Waals surface area contributed by atoms with Gasteiger partial charge in [0, 0.05) is 11.8 Å². The van der Waals surface area contributed by atoms with Crippen LogP contribution in [0.5, 0.6) is 0 Å². The molecule has 0 bridgehead atoms. The number of carbonyl (C=O) groups excluding carboxylic acids is 1. The molecule has 0 aliphatic carbocycles. The summed E-state index contributed by atoms with van der Waals surface area (Å²) in [5.41, 5.74) is 0.0597. The summed E-state index contributed by atoms with van der Waals surface area (Å²) in [6, 6.07) is 16.0. The van der Waals surface area contributed by atoms with Gasteiger partial charge in [-0.3, -0.25) is 8.98 Å². The Balaban J connectivity index is 1.95. The minimum atomic E-state index is -4.08. The zero-order valence-corrected chi connectivity index (χ0v) is 26.2. The van der Waals surface area contributed by atoms with Gasteiger partial charge in [-0.25, -0.2) is 0 Å². The lowest BCUT2D eigenvalue weighted by Crippen LogP contribution is -2.62. The van der Waals surface area contributed by atoms with Gasteiger partial charge in [0.25, 0.3) is 10.1 Å². The van der Waals surface area contributed by atoms with Crippen LogP contribution in [0.2, 0.25) is 18.1 Å². The van der Waals surface area contributed by atoms with Gasteiger partial charge in [0.2, 0.25) is 0 Å². The van der Waals surface area contributed by atoms with Crippen LogP contribution in [0.3, 0.4) is 0 Å². The standard InChI is InChI=1S/C27H37ClO7S2Si/c1-18-13-15-21(16-14-18)37(30,31)32-17-22-23(33-19(2)29)24(35-38(6,7)27(3,4)5)25(26(28)34-22)36-20-11-9-8-10-12-20/h8-16,22-26H,17H2,1-7H3/t22-,23-,24+,25+,26+/m1/s1. The Bertz CT molecular complexity index is 1180. The largest absolute Gasteiger partial charge is 0.457 e. The van der Waals surface area contributed by atoms with E-state index in [0.29, 0.717) is 0 Å². The molecule has 0 unspecified atom stereocenters. The number of ether oxygens (including phenoxy) is 2. The summed E-state index contributed by atoms with van der Waals surface area (Å²) in [5.74, 6) is -0.537. The van der Waals surface area contributed by atoms with E-state index >= 15 is 0 Å². The zero-order valence-electron chi connectivity index (χ0n) is 22.8. The maximum Gasteiger partial charge on any atom is 0.303 e. The fourth-order valence-electron chi connectivity index (χ4n) is 3.70. The highest BCUT2D eigenvalue weighted by atomic mass is 35.5. The quantitative estimate of drug-likeness (QED) is 0.147. The molecular weight excluding hydrogens is 564 g/mol. The summed E-state index contributed by atoms with van der Waals surface area (Å²) >= 11 is 8.28. The molecule has 1 aliphatic heterocycles. The lowest BCUT2D eigenvalue weighted by Gasteiger charge is -2.48. The van der Waals surface area contributed by atoms with Gasteiger partial charge in [0.05, 0.1) is 16.8 Å². The number of carbonyl (C=O) groups is 1. The molecule has 2 aromatic rings. The molecule has 2 aromatic carbocycles. The zero-order chi connectivity index (χ0) is 28.3. The Labute approximate surface area is 236 Å². The van der Waals surface area contributed by atoms with Gasteiger partial charge in [0.15, 0.2) is 14.4 Å². The number of alkyl halides is 1. The van der Waals surface area contributed by atoms with Crippen LogP contribution in [-0.4, -0.2) is 58.4 Å². The molecule has 1 heterocycles. The van der Waals surface area contributed by atoms with E-state index in [9.17, 15) is 13.2 Å². The van der Waals surface area contributed by atoms with Crippen LogP contribution < -0.4 is 0 Å². The van der Waals surface area contributed by atoms with E-state index in [-0.39, 0.29) is 9.93 Å². The number of halogens is 1. The minimum absolute atomic E-state index is 0.0250. The molecule has 1 saturated heterocycles. The fraction of sp³-hybridized carbons (Fsp3) is 0.519. The number of aryl methyl sites for hydroxylation is 1. The number of hydrogen-bond acceptors (Lipinski definition) is 8. The lowest BCUT2D eigenvalue weighted by atomic mass is 10.0. The third-order valence-electron chi connectivity index (χ3n) is 6.83. The molecule has 5 atom stereocenters. The van der Waals surface area contributed by atoms with Crippen LogP contribution in [0, 0.1) is 6.92 Å². The summed E-state index contributed by atoms with van der Waals surface area (Å²) in [6.07, 6.45) is -2.58. The molecular formula is C27H37ClO7S2Si. The van der Waals surface area contributed by atoms with E-state index in [4.69, 9.17) is 29.7 Å². The Morgan fingerprint density at radius 3 is 2.21 bits per heavy atom. The monoisotopic (exact) mass is 600 g/mol. The van der Waals surface area contributed by atoms with E-state index in [1.54, 1.807) is 12.1 Å². The van der Waals surface area contributed by atoms with E-state index in [2.05, 4.69) is 33.9 Å². The molecule has 0 aromatic heterocycles. The first-order chi connectivity index (χ1) is 17.6. The second-order valence-electron chi connectivity index (χ2n) is 10.9. The van der Waals surface area contributed by atoms with E-state index in [1.807, 2.05) is 37.3 Å². The molecule has 0 saturated carbocycles. The van der Waals surface area contributed by atoms with Crippen molar-refractivity contribution in [3.63, 3.8) is 0 Å². The minimum Gasteiger partial charge on any atom is -0.457 e. The van der Waals surface area contributed by atoms with E-state index < -0.39 is 60.1 Å². The highest BCUT2D eigenvalue weighted by Gasteiger charge is 2.52. The summed E-state index contributed by atoms with van der Waals surface area (Å²) in [7, 11) is -6.48. The first kappa shape index (κ1) is 31.1. The Morgan fingerprint density at radius 1 is 1.05 bits per heavy atom. The van der Waals surface area contributed by atoms with Gasteiger partial charge in [0.1, 0.15) is 17.8 Å². The van der Waals surface area contributed by atoms with Gasteiger partial charge in [-0.2, -0.15) is 8.42 Å². The highest BCUT2D eigenvalue weighted by Crippen LogP contribution is 2.44. The van der Waals surface area contributed by atoms with E-state index in [0.717, 1.165) is 10.5 Å². The molecule has 38 heavy (non-hydrogen) atoms. The molecule has 1 aliphatic rings. The SMILES string of the molecule is CC(=O)O[C@H]1[C@H](O[Si](C)(C)C(C)(C)C)[C@H](Sc2ccccc2)[C@@H](Cl)O[C@@H]1COS(=O)(=O)c1ccc(C)cc1. The van der Waals surface area contributed by atoms with Crippen molar-refractivity contribution in [2.45, 2.75) is 91.7 Å². The summed E-state index contributed by atoms with van der Waals surface area (Å²) in [5, 5.41) is -0.584. The molecule has 210 valence electrons. The van der Waals surface area contributed by atoms with Crippen molar-refractivity contribution in [3.05, 3.63) is 60.2 Å². The van der Waals surface area contributed by atoms with Crippen molar-refractivity contribution in [2.24, 2.45) is 0 Å². The normalized spacial score (nSPS) is 24.7. The Kier molecular flexibility index (Phi) is 10.2. The summed E-state index contributed by atoms with van der Waals surface area (Å²) in [6.45, 7) is 13.3. The van der Waals surface area contributed by atoms with Crippen molar-refractivity contribution >= 4 is 47.8 Å². The molecule has 0 spiro atoms. The third kappa shape index (κ3) is 7.84. The number of hydrogen-bond donors (Lipinski definition) is 0. The fourth-order valence-corrected chi connectivity index (χ4v) is 7.60. The van der Waals surface area contributed by atoms with Gasteiger partial charge >= 0.3 is 5.97 Å². The third-order valence-corrected chi connectivity index (χ3v) is 14.5. The van der Waals surface area contributed by atoms with Crippen molar-refractivity contribution in [3.8, 4) is 0 Å². The Hall–Kier alpha value is -1.40. The lowest BCUT2D eigenvalue weighted by molar-refractivity contribution is -0.185. The van der Waals surface area contributed by atoms with Gasteiger partial charge in [-0.1, -0.05) is 68.3 Å². The van der Waals surface area contributed by atoms with Crippen LogP contribution in [0.4, 0.5) is 0 Å². The summed E-state index contributed by atoms with van der Waals surface area (Å²) in [4.78, 5) is 13.2. The molecule has 0 radical (unpaired) electrons. The van der Waals surface area contributed by atoms with Gasteiger partial charge < -0.3 is 13.9 Å². The second-order valence-corrected chi connectivity index (χ2v) is 18.9. The number of rotatable bonds is 9. The molecule has 0 amide bonds. The highest BCUT2D eigenvalue weighted by molar-refractivity contribution is 8.00. The maximum atomic E-state index is 12.9. The predicted octanol–water partition coefficient (Wildman–Crippen LogP) is 6.15. The molecule has 0 N–H and O–H groups in total. The van der Waals surface area contributed by atoms with Crippen molar-refractivity contribution < 1.29 is 31.3 Å². The van der Waals surface area contributed by atoms with Crippen LogP contribution in [0.15, 0.2) is 64.4 Å². The average molecular weight is 601 g/mol. The topological polar surface area (TPSA) is 88.1 Å². The second kappa shape index (κ2) is 12.4. The Morgan fingerprint density at radius 2 is 1.66 bits per heavy atom. The number of thioether (sulfide) groups is 1. The van der Waals surface area contributed by atoms with Gasteiger partial charge in [-0.15, -0.1) is 11.8 Å². The molecule has 1 fully saturated rings. The first-order valence-corrected chi connectivity index (χ1v) is 18.1. The van der Waals surface area contributed by atoms with Crippen molar-refractivity contribution in [1.29, 1.82) is 0 Å². The van der Waals surface area contributed by atoms with Crippen LogP contribution in [0.1, 0.15) is 33.3 Å². The summed E-state index contributed by atoms with van der Waals surface area (Å²) < 4.78 is 49.9. The first-order valence-electron chi connectivity index (χ1n) is 12.4. The van der Waals surface area contributed by atoms with Crippen LogP contribution >= 0.6 is 23.4 Å². The van der Waals surface area contributed by atoms with Gasteiger partial charge in [-0.05, 0) is 49.3 Å². The predicted molar refractivity (Wildman–Crippen MR) is 153 cm³/mol. The average Bonchev–Trinajstić information content (AvgIpc) is 2.82. The molecule has 11 heteroatoms. The van der Waals surface area contributed by atoms with E-state index in [1.165, 1.54) is 30.8 Å². The molecule has 7 nitrogen and oxygen atoms in total. The van der Waals surface area contributed by atoms with Crippen molar-refractivity contribution in [2.75, 3.05) is 6.61 Å². The smallest absolute Gasteiger partial charge is 0.303 e. The van der Waals surface area contributed by atoms with Crippen LogP contribution in [-0.2, 0) is 33.0 Å². The molecule has 3 rings (SSSR count). The number of esters is 1. The number of benzene rings is 2. The maximum absolute atomic E-state index is 12.9. The van der Waals surface area contributed by atoms with Crippen LogP contribution in [0.25, 0.3) is 0 Å². The van der Waals surface area contributed by atoms with Crippen molar-refractivity contribution in [1.82, 2.24) is 0 Å².